The number of nitrogens with one attached hydrogen (secondary N) is 2. The first-order valence-electron chi connectivity index (χ1n) is 7.24. The molecule has 3 rings (SSSR count). The van der Waals surface area contributed by atoms with Crippen LogP contribution in [-0.2, 0) is 4.74 Å². The van der Waals surface area contributed by atoms with E-state index in [1.807, 2.05) is 0 Å². The number of ether oxygens (including phenoxy) is 1. The Balaban J connectivity index is 2.18. The van der Waals surface area contributed by atoms with Crippen molar-refractivity contribution in [1.82, 2.24) is 15.2 Å². The molecule has 24 heavy (non-hydrogen) atoms. The summed E-state index contributed by atoms with van der Waals surface area (Å²) in [6.07, 6.45) is 1.65. The third-order valence-corrected chi connectivity index (χ3v) is 3.31. The van der Waals surface area contributed by atoms with Crippen LogP contribution in [0.5, 0.6) is 0 Å². The van der Waals surface area contributed by atoms with E-state index < -0.39 is 17.3 Å². The molecule has 0 aliphatic rings. The molecule has 8 heteroatoms. The smallest absolute Gasteiger partial charge is 0.412 e. The van der Waals surface area contributed by atoms with Gasteiger partial charge in [0.15, 0.2) is 0 Å². The average Bonchev–Trinajstić information content (AvgIpc) is 2.72. The van der Waals surface area contributed by atoms with Gasteiger partial charge in [-0.2, -0.15) is 5.10 Å². The molecule has 1 amide bonds. The number of aliphatic hydroxyl groups is 1. The highest BCUT2D eigenvalue weighted by atomic mass is 16.6. The van der Waals surface area contributed by atoms with E-state index in [2.05, 4.69) is 20.5 Å². The number of aromatic amines is 1. The minimum Gasteiger partial charge on any atom is -0.513 e. The highest BCUT2D eigenvalue weighted by molar-refractivity contribution is 6.10. The second-order valence-electron chi connectivity index (χ2n) is 6.30. The Morgan fingerprint density at radius 1 is 1.33 bits per heavy atom. The molecule has 0 unspecified atom stereocenters. The molecular formula is C16H16N4O4. The zero-order valence-electron chi connectivity index (χ0n) is 13.4. The molecule has 2 aromatic heterocycles. The van der Waals surface area contributed by atoms with E-state index >= 15 is 0 Å². The summed E-state index contributed by atoms with van der Waals surface area (Å²) in [7, 11) is 0. The lowest BCUT2D eigenvalue weighted by atomic mass is 10.1. The maximum absolute atomic E-state index is 12.1. The van der Waals surface area contributed by atoms with Crippen LogP contribution >= 0.6 is 0 Å². The van der Waals surface area contributed by atoms with Gasteiger partial charge in [0, 0.05) is 22.0 Å². The quantitative estimate of drug-likeness (QED) is 0.627. The number of hydrogen-bond acceptors (Lipinski definition) is 6. The Hall–Kier alpha value is -3.16. The summed E-state index contributed by atoms with van der Waals surface area (Å²) in [6.45, 7) is 5.26. The molecule has 2 heterocycles. The Morgan fingerprint density at radius 3 is 2.75 bits per heavy atom. The van der Waals surface area contributed by atoms with Crippen LogP contribution in [0.4, 0.5) is 10.5 Å². The maximum atomic E-state index is 12.1. The molecular weight excluding hydrogens is 312 g/mol. The van der Waals surface area contributed by atoms with Crippen LogP contribution in [0.2, 0.25) is 0 Å². The number of carbonyl (C=O) groups is 1. The van der Waals surface area contributed by atoms with Gasteiger partial charge < -0.3 is 14.8 Å². The van der Waals surface area contributed by atoms with Gasteiger partial charge in [0.05, 0.1) is 16.9 Å². The molecule has 0 aliphatic heterocycles. The van der Waals surface area contributed by atoms with E-state index in [-0.39, 0.29) is 5.39 Å². The van der Waals surface area contributed by atoms with Crippen LogP contribution in [0.15, 0.2) is 23.1 Å². The number of hydrogen-bond donors (Lipinski definition) is 3. The molecule has 3 aromatic rings. The van der Waals surface area contributed by atoms with E-state index in [1.54, 1.807) is 26.8 Å². The standard InChI is InChI=1S/C16H16N4O4/c1-16(2,3)24-15(23)18-8-4-9-13-10(6-17-20-14(9)22)12(7-21)19-11(13)5-8/h4-7,19,21H,1-3H3,(H,18,23)/b12-7+. The number of nitrogens with zero attached hydrogens (tertiary/aromatic N) is 2. The van der Waals surface area contributed by atoms with Crippen molar-refractivity contribution >= 4 is 39.7 Å². The normalized spacial score (nSPS) is 12.7. The van der Waals surface area contributed by atoms with Crippen LogP contribution in [0.25, 0.3) is 27.9 Å². The fraction of sp³-hybridized carbons (Fsp3) is 0.250. The zero-order chi connectivity index (χ0) is 17.5. The number of carbonyl (C=O) groups excluding carboxylic acids is 1. The second kappa shape index (κ2) is 5.48. The van der Waals surface area contributed by atoms with Crippen molar-refractivity contribution in [3.63, 3.8) is 0 Å². The average molecular weight is 328 g/mol. The van der Waals surface area contributed by atoms with Crippen molar-refractivity contribution < 1.29 is 14.6 Å². The van der Waals surface area contributed by atoms with Gasteiger partial charge in [-0.1, -0.05) is 0 Å². The topological polar surface area (TPSA) is 117 Å². The second-order valence-corrected chi connectivity index (χ2v) is 6.30. The molecule has 8 nitrogen and oxygen atoms in total. The van der Waals surface area contributed by atoms with Crippen LogP contribution in [-0.4, -0.2) is 32.0 Å². The first-order chi connectivity index (χ1) is 11.3. The summed E-state index contributed by atoms with van der Waals surface area (Å²) in [6, 6.07) is 3.15. The molecule has 0 radical (unpaired) electrons. The predicted molar refractivity (Wildman–Crippen MR) is 89.8 cm³/mol. The predicted octanol–water partition coefficient (Wildman–Crippen LogP) is 1.83. The molecule has 0 saturated carbocycles. The Labute approximate surface area is 136 Å². The number of amides is 1. The lowest BCUT2D eigenvalue weighted by molar-refractivity contribution is 0.0636. The lowest BCUT2D eigenvalue weighted by Gasteiger charge is -2.19. The van der Waals surface area contributed by atoms with Crippen LogP contribution in [0, 0.1) is 0 Å². The van der Waals surface area contributed by atoms with Crippen molar-refractivity contribution in [2.75, 3.05) is 5.32 Å². The number of anilines is 1. The highest BCUT2D eigenvalue weighted by Gasteiger charge is 2.17. The van der Waals surface area contributed by atoms with Gasteiger partial charge in [-0.3, -0.25) is 10.1 Å². The first kappa shape index (κ1) is 15.7. The monoisotopic (exact) mass is 328 g/mol. The Morgan fingerprint density at radius 2 is 2.08 bits per heavy atom. The molecule has 124 valence electrons. The van der Waals surface area contributed by atoms with Gasteiger partial charge >= 0.3 is 6.09 Å². The van der Waals surface area contributed by atoms with Gasteiger partial charge in [0.2, 0.25) is 0 Å². The molecule has 0 saturated heterocycles. The first-order valence-corrected chi connectivity index (χ1v) is 7.24. The largest absolute Gasteiger partial charge is 0.513 e. The molecule has 0 fully saturated rings. The van der Waals surface area contributed by atoms with Crippen molar-refractivity contribution in [2.45, 2.75) is 26.4 Å². The number of aromatic nitrogens is 3. The minimum atomic E-state index is -0.641. The van der Waals surface area contributed by atoms with E-state index in [0.29, 0.717) is 27.3 Å². The van der Waals surface area contributed by atoms with Crippen molar-refractivity contribution in [1.29, 1.82) is 0 Å². The lowest BCUT2D eigenvalue weighted by Crippen LogP contribution is -2.27. The van der Waals surface area contributed by atoms with E-state index in [0.717, 1.165) is 6.26 Å². The molecule has 3 N–H and O–H groups in total. The molecule has 0 aliphatic carbocycles. The fourth-order valence-electron chi connectivity index (χ4n) is 2.47. The Kier molecular flexibility index (Phi) is 3.59. The van der Waals surface area contributed by atoms with Crippen LogP contribution in [0.1, 0.15) is 20.8 Å². The van der Waals surface area contributed by atoms with Crippen molar-refractivity contribution in [3.8, 4) is 0 Å². The third-order valence-electron chi connectivity index (χ3n) is 3.31. The maximum Gasteiger partial charge on any atom is 0.412 e. The molecule has 0 atom stereocenters. The van der Waals surface area contributed by atoms with Crippen molar-refractivity contribution in [2.24, 2.45) is 0 Å². The summed E-state index contributed by atoms with van der Waals surface area (Å²) >= 11 is 0. The van der Waals surface area contributed by atoms with Crippen LogP contribution in [0.3, 0.4) is 0 Å². The summed E-state index contributed by atoms with van der Waals surface area (Å²) in [5, 5.41) is 21.0. The molecule has 1 aromatic carbocycles. The number of H-pyrrole nitrogens is 1. The SMILES string of the molecule is CC(C)(C)OC(=O)Nc1cc2[nH]/c(=C/O)c3cnnc(=O)c(c1)c23. The molecule has 0 bridgehead atoms. The summed E-state index contributed by atoms with van der Waals surface area (Å²) in [5.74, 6) is 0. The van der Waals surface area contributed by atoms with E-state index in [4.69, 9.17) is 4.74 Å². The molecule has 0 spiro atoms. The van der Waals surface area contributed by atoms with E-state index in [1.165, 1.54) is 12.3 Å². The third kappa shape index (κ3) is 2.85. The van der Waals surface area contributed by atoms with Gasteiger partial charge in [-0.15, -0.1) is 5.10 Å². The van der Waals surface area contributed by atoms with Gasteiger partial charge in [0.1, 0.15) is 11.9 Å². The van der Waals surface area contributed by atoms with Crippen LogP contribution < -0.4 is 16.2 Å². The summed E-state index contributed by atoms with van der Waals surface area (Å²) in [4.78, 5) is 27.1. The van der Waals surface area contributed by atoms with Gasteiger partial charge in [-0.25, -0.2) is 4.79 Å². The number of aliphatic hydroxyl groups excluding tert-OH is 1. The Bertz CT molecular complexity index is 1050. The zero-order valence-corrected chi connectivity index (χ0v) is 13.4. The van der Waals surface area contributed by atoms with Gasteiger partial charge in [0.25, 0.3) is 5.56 Å². The fourth-order valence-corrected chi connectivity index (χ4v) is 2.47. The highest BCUT2D eigenvalue weighted by Crippen LogP contribution is 2.24. The number of rotatable bonds is 1. The van der Waals surface area contributed by atoms with Crippen molar-refractivity contribution in [3.05, 3.63) is 34.0 Å². The number of benzene rings is 1. The minimum absolute atomic E-state index is 0.274. The van der Waals surface area contributed by atoms with Gasteiger partial charge in [-0.05, 0) is 32.9 Å². The summed E-state index contributed by atoms with van der Waals surface area (Å²) < 4.78 is 5.20. The van der Waals surface area contributed by atoms with E-state index in [9.17, 15) is 14.7 Å². The summed E-state index contributed by atoms with van der Waals surface area (Å²) in [5.41, 5.74) is -0.246.